The molecule has 0 amide bonds. The Morgan fingerprint density at radius 2 is 2.31 bits per heavy atom. The van der Waals surface area contributed by atoms with Crippen molar-refractivity contribution in [2.24, 2.45) is 0 Å². The van der Waals surface area contributed by atoms with Crippen LogP contribution in [0.5, 0.6) is 0 Å². The number of hydrogen-bond donors (Lipinski definition) is 0. The van der Waals surface area contributed by atoms with Crippen molar-refractivity contribution in [3.63, 3.8) is 0 Å². The monoisotopic (exact) mass is 214 g/mol. The molecule has 0 saturated carbocycles. The van der Waals surface area contributed by atoms with Crippen LogP contribution in [0.25, 0.3) is 0 Å². The summed E-state index contributed by atoms with van der Waals surface area (Å²) in [6.07, 6.45) is 8.40. The summed E-state index contributed by atoms with van der Waals surface area (Å²) in [5, 5.41) is 0. The van der Waals surface area contributed by atoms with Gasteiger partial charge in [0.1, 0.15) is 0 Å². The van der Waals surface area contributed by atoms with E-state index in [9.17, 15) is 4.79 Å². The highest BCUT2D eigenvalue weighted by Crippen LogP contribution is 2.05. The minimum absolute atomic E-state index is 0.111. The number of nitrogens with zero attached hydrogens (tertiary/aromatic N) is 2. The van der Waals surface area contributed by atoms with Crippen LogP contribution in [0.4, 0.5) is 0 Å². The summed E-state index contributed by atoms with van der Waals surface area (Å²) in [7, 11) is 0. The summed E-state index contributed by atoms with van der Waals surface area (Å²) in [6, 6.07) is 5.85. The van der Waals surface area contributed by atoms with E-state index in [-0.39, 0.29) is 5.78 Å². The normalized spacial score (nSPS) is 10.3. The van der Waals surface area contributed by atoms with Crippen molar-refractivity contribution in [3.05, 3.63) is 54.1 Å². The van der Waals surface area contributed by atoms with E-state index in [1.165, 1.54) is 5.56 Å². The first-order chi connectivity index (χ1) is 7.75. The molecule has 0 aliphatic heterocycles. The zero-order chi connectivity index (χ0) is 11.4. The van der Waals surface area contributed by atoms with Crippen LogP contribution in [0.1, 0.15) is 22.8 Å². The summed E-state index contributed by atoms with van der Waals surface area (Å²) in [5.41, 5.74) is 1.98. The van der Waals surface area contributed by atoms with Crippen LogP contribution in [-0.2, 0) is 13.0 Å². The molecular weight excluding hydrogens is 200 g/mol. The molecule has 0 aliphatic rings. The summed E-state index contributed by atoms with van der Waals surface area (Å²) in [4.78, 5) is 15.2. The van der Waals surface area contributed by atoms with Gasteiger partial charge in [-0.2, -0.15) is 0 Å². The van der Waals surface area contributed by atoms with Gasteiger partial charge in [-0.1, -0.05) is 6.07 Å². The molecule has 0 radical (unpaired) electrons. The van der Waals surface area contributed by atoms with Gasteiger partial charge in [0.15, 0.2) is 5.78 Å². The molecule has 0 N–H and O–H groups in total. The van der Waals surface area contributed by atoms with Crippen molar-refractivity contribution in [2.45, 2.75) is 19.9 Å². The van der Waals surface area contributed by atoms with Crippen LogP contribution in [0, 0.1) is 0 Å². The second-order valence-electron chi connectivity index (χ2n) is 3.81. The van der Waals surface area contributed by atoms with E-state index >= 15 is 0 Å². The molecule has 3 nitrogen and oxygen atoms in total. The van der Waals surface area contributed by atoms with E-state index in [2.05, 4.69) is 11.1 Å². The maximum atomic E-state index is 11.1. The highest BCUT2D eigenvalue weighted by Gasteiger charge is 2.01. The maximum absolute atomic E-state index is 11.1. The molecule has 2 aromatic rings. The van der Waals surface area contributed by atoms with Gasteiger partial charge in [-0.3, -0.25) is 9.78 Å². The van der Waals surface area contributed by atoms with Crippen molar-refractivity contribution in [1.29, 1.82) is 0 Å². The summed E-state index contributed by atoms with van der Waals surface area (Å²) in [5.74, 6) is 0.111. The molecule has 0 aromatic carbocycles. The Morgan fingerprint density at radius 3 is 2.94 bits per heavy atom. The molecule has 82 valence electrons. The number of Topliss-reactive ketones (excluding diaryl/α,β-unsaturated/α-hetero) is 1. The average molecular weight is 214 g/mol. The van der Waals surface area contributed by atoms with Crippen molar-refractivity contribution < 1.29 is 4.79 Å². The zero-order valence-electron chi connectivity index (χ0n) is 9.26. The lowest BCUT2D eigenvalue weighted by Gasteiger charge is -2.02. The molecule has 3 heteroatoms. The lowest BCUT2D eigenvalue weighted by Crippen LogP contribution is -1.99. The van der Waals surface area contributed by atoms with Crippen LogP contribution >= 0.6 is 0 Å². The quantitative estimate of drug-likeness (QED) is 0.732. The molecule has 2 heterocycles. The Balaban J connectivity index is 1.97. The molecule has 2 aromatic heterocycles. The highest BCUT2D eigenvalue weighted by molar-refractivity contribution is 5.93. The van der Waals surface area contributed by atoms with E-state index in [1.807, 2.05) is 35.3 Å². The first kappa shape index (κ1) is 10.6. The molecule has 0 aliphatic carbocycles. The Bertz CT molecular complexity index is 474. The van der Waals surface area contributed by atoms with Gasteiger partial charge in [-0.05, 0) is 31.0 Å². The molecular formula is C13H14N2O. The van der Waals surface area contributed by atoms with E-state index in [0.29, 0.717) is 0 Å². The van der Waals surface area contributed by atoms with Crippen molar-refractivity contribution in [2.75, 3.05) is 0 Å². The van der Waals surface area contributed by atoms with Crippen LogP contribution in [0.3, 0.4) is 0 Å². The fraction of sp³-hybridized carbons (Fsp3) is 0.231. The summed E-state index contributed by atoms with van der Waals surface area (Å²) >= 11 is 0. The predicted molar refractivity (Wildman–Crippen MR) is 62.4 cm³/mol. The number of carbonyl (C=O) groups is 1. The lowest BCUT2D eigenvalue weighted by molar-refractivity contribution is 0.101. The van der Waals surface area contributed by atoms with Gasteiger partial charge in [0.2, 0.25) is 0 Å². The van der Waals surface area contributed by atoms with E-state index in [1.54, 1.807) is 13.1 Å². The van der Waals surface area contributed by atoms with Crippen molar-refractivity contribution in [3.8, 4) is 0 Å². The lowest BCUT2D eigenvalue weighted by atomic mass is 10.2. The number of rotatable bonds is 4. The van der Waals surface area contributed by atoms with E-state index in [0.717, 1.165) is 18.5 Å². The molecule has 0 fully saturated rings. The standard InChI is InChI=1S/C13H14N2O/c1-11(16)13-5-8-15(10-13)7-4-12-3-2-6-14-9-12/h2-3,5-6,8-10H,4,7H2,1H3. The topological polar surface area (TPSA) is 34.9 Å². The van der Waals surface area contributed by atoms with Gasteiger partial charge in [0.05, 0.1) is 0 Å². The fourth-order valence-corrected chi connectivity index (χ4v) is 1.59. The Kier molecular flexibility index (Phi) is 3.15. The molecule has 0 unspecified atom stereocenters. The first-order valence-corrected chi connectivity index (χ1v) is 5.31. The van der Waals surface area contributed by atoms with Crippen molar-refractivity contribution in [1.82, 2.24) is 9.55 Å². The Hall–Kier alpha value is -1.90. The SMILES string of the molecule is CC(=O)c1ccn(CCc2cccnc2)c1. The third-order valence-electron chi connectivity index (χ3n) is 2.54. The van der Waals surface area contributed by atoms with Gasteiger partial charge < -0.3 is 4.57 Å². The van der Waals surface area contributed by atoms with Crippen LogP contribution in [0.15, 0.2) is 43.0 Å². The molecule has 0 spiro atoms. The van der Waals surface area contributed by atoms with Crippen LogP contribution < -0.4 is 0 Å². The average Bonchev–Trinajstić information content (AvgIpc) is 2.76. The van der Waals surface area contributed by atoms with Crippen LogP contribution in [-0.4, -0.2) is 15.3 Å². The predicted octanol–water partition coefficient (Wildman–Crippen LogP) is 2.33. The van der Waals surface area contributed by atoms with E-state index < -0.39 is 0 Å². The fourth-order valence-electron chi connectivity index (χ4n) is 1.59. The zero-order valence-corrected chi connectivity index (χ0v) is 9.26. The number of ketones is 1. The van der Waals surface area contributed by atoms with Gasteiger partial charge in [0.25, 0.3) is 0 Å². The minimum Gasteiger partial charge on any atom is -0.353 e. The Morgan fingerprint density at radius 1 is 1.44 bits per heavy atom. The molecule has 0 atom stereocenters. The minimum atomic E-state index is 0.111. The van der Waals surface area contributed by atoms with Gasteiger partial charge in [-0.15, -0.1) is 0 Å². The smallest absolute Gasteiger partial charge is 0.161 e. The number of aromatic nitrogens is 2. The van der Waals surface area contributed by atoms with Crippen LogP contribution in [0.2, 0.25) is 0 Å². The van der Waals surface area contributed by atoms with Gasteiger partial charge in [-0.25, -0.2) is 0 Å². The molecule has 2 rings (SSSR count). The molecule has 0 saturated heterocycles. The summed E-state index contributed by atoms with van der Waals surface area (Å²) in [6.45, 7) is 2.46. The van der Waals surface area contributed by atoms with E-state index in [4.69, 9.17) is 0 Å². The first-order valence-electron chi connectivity index (χ1n) is 5.31. The number of aryl methyl sites for hydroxylation is 2. The third-order valence-corrected chi connectivity index (χ3v) is 2.54. The third kappa shape index (κ3) is 2.57. The largest absolute Gasteiger partial charge is 0.353 e. The maximum Gasteiger partial charge on any atom is 0.161 e. The summed E-state index contributed by atoms with van der Waals surface area (Å²) < 4.78 is 2.03. The number of pyridine rings is 1. The molecule has 0 bridgehead atoms. The second-order valence-corrected chi connectivity index (χ2v) is 3.81. The second kappa shape index (κ2) is 4.75. The number of hydrogen-bond acceptors (Lipinski definition) is 2. The van der Waals surface area contributed by atoms with Gasteiger partial charge >= 0.3 is 0 Å². The van der Waals surface area contributed by atoms with Crippen molar-refractivity contribution >= 4 is 5.78 Å². The number of carbonyl (C=O) groups excluding carboxylic acids is 1. The molecule has 16 heavy (non-hydrogen) atoms. The Labute approximate surface area is 94.7 Å². The van der Waals surface area contributed by atoms with Gasteiger partial charge in [0, 0.05) is 36.9 Å². The highest BCUT2D eigenvalue weighted by atomic mass is 16.1.